The molecule has 11 rings (SSSR count). The van der Waals surface area contributed by atoms with Crippen molar-refractivity contribution in [3.05, 3.63) is 143 Å². The molecular formula is C65H67N7O15S. The van der Waals surface area contributed by atoms with Crippen LogP contribution in [0.2, 0.25) is 0 Å². The van der Waals surface area contributed by atoms with Gasteiger partial charge in [0.2, 0.25) is 17.6 Å². The van der Waals surface area contributed by atoms with Crippen LogP contribution in [0.4, 0.5) is 28.4 Å². The number of aromatic hydroxyl groups is 4. The number of anilines is 4. The predicted molar refractivity (Wildman–Crippen MR) is 330 cm³/mol. The second-order valence-electron chi connectivity index (χ2n) is 21.8. The van der Waals surface area contributed by atoms with E-state index in [4.69, 9.17) is 43.0 Å². The number of nitrogens with zero attached hydrogens (tertiary/aromatic N) is 6. The van der Waals surface area contributed by atoms with Gasteiger partial charge in [-0.15, -0.1) is 16.5 Å². The fourth-order valence-electron chi connectivity index (χ4n) is 11.2. The fraction of sp³-hybridized carbons (Fsp3) is 0.323. The summed E-state index contributed by atoms with van der Waals surface area (Å²) in [5.74, 6) is 1.76. The average molecular weight is 1220 g/mol. The van der Waals surface area contributed by atoms with Crippen LogP contribution in [0.5, 0.6) is 46.5 Å². The number of aromatic nitrogens is 2. The van der Waals surface area contributed by atoms with Crippen LogP contribution in [0, 0.1) is 12.0 Å². The molecule has 5 N–H and O–H groups in total. The van der Waals surface area contributed by atoms with E-state index in [1.807, 2.05) is 80.6 Å². The number of methoxy groups -OCH3 is 3. The van der Waals surface area contributed by atoms with Gasteiger partial charge >= 0.3 is 5.97 Å². The number of carbonyl (C=O) groups is 3. The van der Waals surface area contributed by atoms with Crippen LogP contribution in [0.1, 0.15) is 63.2 Å². The smallest absolute Gasteiger partial charge is 0.335 e. The molecule has 0 saturated heterocycles. The molecule has 22 nitrogen and oxygen atoms in total. The van der Waals surface area contributed by atoms with Crippen LogP contribution >= 0.6 is 11.8 Å². The van der Waals surface area contributed by atoms with Gasteiger partial charge in [0.25, 0.3) is 11.8 Å². The second kappa shape index (κ2) is 26.2. The summed E-state index contributed by atoms with van der Waals surface area (Å²) in [6.07, 6.45) is 2.71. The highest BCUT2D eigenvalue weighted by Gasteiger charge is 2.38. The Morgan fingerprint density at radius 2 is 1.34 bits per heavy atom. The highest BCUT2D eigenvalue weighted by molar-refractivity contribution is 8.00. The molecule has 4 aliphatic heterocycles. The zero-order valence-corrected chi connectivity index (χ0v) is 50.0. The molecule has 0 spiro atoms. The van der Waals surface area contributed by atoms with E-state index in [1.54, 1.807) is 47.4 Å². The van der Waals surface area contributed by atoms with E-state index in [-0.39, 0.29) is 68.4 Å². The summed E-state index contributed by atoms with van der Waals surface area (Å²) < 4.78 is 43.1. The molecule has 0 bridgehead atoms. The normalized spacial score (nSPS) is 15.3. The van der Waals surface area contributed by atoms with E-state index in [0.717, 1.165) is 51.4 Å². The van der Waals surface area contributed by atoms with Crippen molar-refractivity contribution in [2.45, 2.75) is 74.6 Å². The average Bonchev–Trinajstić information content (AvgIpc) is 2.08. The van der Waals surface area contributed by atoms with E-state index in [9.17, 15) is 34.8 Å². The highest BCUT2D eigenvalue weighted by atomic mass is 32.2. The van der Waals surface area contributed by atoms with Crippen LogP contribution in [-0.2, 0) is 51.6 Å². The maximum atomic E-state index is 14.4. The van der Waals surface area contributed by atoms with E-state index < -0.39 is 22.5 Å². The van der Waals surface area contributed by atoms with E-state index in [2.05, 4.69) is 22.2 Å². The molecule has 0 aliphatic carbocycles. The minimum atomic E-state index is -0.849. The van der Waals surface area contributed by atoms with Crippen LogP contribution in [0.3, 0.4) is 0 Å². The molecule has 6 heterocycles. The summed E-state index contributed by atoms with van der Waals surface area (Å²) in [5.41, 5.74) is 7.59. The maximum absolute atomic E-state index is 14.4. The van der Waals surface area contributed by atoms with Gasteiger partial charge < -0.3 is 68.6 Å². The first-order chi connectivity index (χ1) is 42.6. The van der Waals surface area contributed by atoms with Crippen molar-refractivity contribution < 1.29 is 72.8 Å². The molecule has 88 heavy (non-hydrogen) atoms. The molecule has 2 atom stereocenters. The molecule has 0 saturated carbocycles. The van der Waals surface area contributed by atoms with Gasteiger partial charge in [-0.05, 0) is 78.6 Å². The lowest BCUT2D eigenvalue weighted by molar-refractivity contribution is -0.145. The van der Waals surface area contributed by atoms with Crippen LogP contribution in [-0.4, -0.2) is 138 Å². The molecule has 0 radical (unpaired) electrons. The van der Waals surface area contributed by atoms with Crippen LogP contribution in [0.15, 0.2) is 119 Å². The van der Waals surface area contributed by atoms with Gasteiger partial charge in [0.05, 0.1) is 87.1 Å². The van der Waals surface area contributed by atoms with Crippen molar-refractivity contribution in [3.8, 4) is 58.5 Å². The van der Waals surface area contributed by atoms with Gasteiger partial charge in [0.1, 0.15) is 19.3 Å². The maximum Gasteiger partial charge on any atom is 0.335 e. The molecule has 0 fully saturated rings. The summed E-state index contributed by atoms with van der Waals surface area (Å²) in [5, 5.41) is 45.7. The molecule has 23 heteroatoms. The number of rotatable bonds is 26. The molecule has 5 aromatic carbocycles. The first-order valence-corrected chi connectivity index (χ1v) is 29.4. The monoisotopic (exact) mass is 1220 g/mol. The Kier molecular flexibility index (Phi) is 18.0. The first kappa shape index (κ1) is 60.2. The number of benzene rings is 5. The second-order valence-corrected chi connectivity index (χ2v) is 23.6. The Hall–Kier alpha value is -9.47. The number of nitrogens with one attached hydrogen (secondary N) is 1. The van der Waals surface area contributed by atoms with Gasteiger partial charge in [-0.3, -0.25) is 28.9 Å². The van der Waals surface area contributed by atoms with Gasteiger partial charge in [-0.2, -0.15) is 0 Å². The Morgan fingerprint density at radius 3 is 2.03 bits per heavy atom. The molecule has 2 unspecified atom stereocenters. The Bertz CT molecular complexity index is 3850. The number of aliphatic imine (C=N–C) groups is 1. The fourth-order valence-corrected chi connectivity index (χ4v) is 12.3. The third-order valence-electron chi connectivity index (χ3n) is 15.3. The third-order valence-corrected chi connectivity index (χ3v) is 16.5. The van der Waals surface area contributed by atoms with E-state index in [0.29, 0.717) is 107 Å². The number of carbonyl (C=O) groups excluding carboxylic acids is 3. The SMILES string of the molecule is COCCOCCOCCN(CC(C)(C)Sc1cc(O)n(CCC(=O)On2c(O)ccc2O)c1O)c1cc(COc2cc3c(cc2OC)C(=O)N2c4ccccc4CC2C=N3)cc(COc2cc3c(cc2OC)C(=O)N2c4ccccc4CC2C#CN3)c1. The zero-order valence-electron chi connectivity index (χ0n) is 49.2. The molecule has 2 amide bonds. The summed E-state index contributed by atoms with van der Waals surface area (Å²) in [6.45, 7) is 6.34. The molecule has 4 aliphatic rings. The molecule has 7 aromatic rings. The lowest BCUT2D eigenvalue weighted by Gasteiger charge is -2.34. The van der Waals surface area contributed by atoms with Gasteiger partial charge in [-0.1, -0.05) is 42.3 Å². The van der Waals surface area contributed by atoms with Crippen molar-refractivity contribution in [1.29, 1.82) is 0 Å². The quantitative estimate of drug-likeness (QED) is 0.0193. The number of hydrogen-bond acceptors (Lipinski definition) is 19. The summed E-state index contributed by atoms with van der Waals surface area (Å²) in [4.78, 5) is 57.4. The standard InChI is InChI=1S/C65H67N7O15S/c1-65(2,88-57-35-60(75)69(64(57)79)19-17-61(76)87-72-58(73)14-15-59(72)74)39-68(20-21-83-24-25-84-23-22-80-3)45-27-40(37-85-55-33-49-47(31-53(55)81-4)62(77)70-44(16-18-66-49)29-42-10-6-8-12-51(42)70)26-41(28-45)38-86-56-34-50-48(32-54(56)82-5)63(78)71-46(36-67-50)30-43-11-7-9-13-52(43)71/h6-15,26-28,31-36,44,46,66,73-75,79H,17,19-25,29-30,37-39H2,1-5H3. The lowest BCUT2D eigenvalue weighted by Crippen LogP contribution is -2.39. The number of amides is 2. The number of ether oxygens (including phenoxy) is 7. The Labute approximate surface area is 512 Å². The number of hydrogen-bond donors (Lipinski definition) is 5. The number of thioether (sulfide) groups is 1. The van der Waals surface area contributed by atoms with Crippen molar-refractivity contribution >= 4 is 64.2 Å². The van der Waals surface area contributed by atoms with Gasteiger partial charge in [-0.25, -0.2) is 4.79 Å². The number of fused-ring (bicyclic) bond motifs is 8. The van der Waals surface area contributed by atoms with Crippen molar-refractivity contribution in [2.24, 2.45) is 4.99 Å². The Morgan fingerprint density at radius 1 is 0.716 bits per heavy atom. The minimum absolute atomic E-state index is 0.0141. The third kappa shape index (κ3) is 13.0. The van der Waals surface area contributed by atoms with Gasteiger partial charge in [0, 0.05) is 104 Å². The molecular weight excluding hydrogens is 1150 g/mol. The largest absolute Gasteiger partial charge is 0.494 e. The van der Waals surface area contributed by atoms with Crippen molar-refractivity contribution in [3.63, 3.8) is 0 Å². The summed E-state index contributed by atoms with van der Waals surface area (Å²) >= 11 is 1.30. The predicted octanol–water partition coefficient (Wildman–Crippen LogP) is 8.63. The van der Waals surface area contributed by atoms with Crippen LogP contribution in [0.25, 0.3) is 0 Å². The topological polar surface area (TPSA) is 250 Å². The Balaban J connectivity index is 0.894. The molecule has 2 aromatic heterocycles. The first-order valence-electron chi connectivity index (χ1n) is 28.6. The summed E-state index contributed by atoms with van der Waals surface area (Å²) in [6, 6.07) is 34.6. The van der Waals surface area contributed by atoms with Crippen molar-refractivity contribution in [2.75, 3.05) is 87.5 Å². The van der Waals surface area contributed by atoms with E-state index >= 15 is 0 Å². The lowest BCUT2D eigenvalue weighted by atomic mass is 10.1. The zero-order chi connectivity index (χ0) is 61.6. The molecule has 458 valence electrons. The van der Waals surface area contributed by atoms with Gasteiger partial charge in [0.15, 0.2) is 28.9 Å². The number of para-hydroxylation sites is 2. The van der Waals surface area contributed by atoms with E-state index in [1.165, 1.54) is 36.6 Å². The minimum Gasteiger partial charge on any atom is -0.494 e. The van der Waals surface area contributed by atoms with Crippen molar-refractivity contribution in [1.82, 2.24) is 9.30 Å². The highest BCUT2D eigenvalue weighted by Crippen LogP contribution is 2.45. The van der Waals surface area contributed by atoms with Crippen LogP contribution < -0.4 is 43.8 Å². The summed E-state index contributed by atoms with van der Waals surface area (Å²) in [7, 11) is 4.64.